The van der Waals surface area contributed by atoms with E-state index in [1.165, 1.54) is 21.1 Å². The first kappa shape index (κ1) is 26.9. The van der Waals surface area contributed by atoms with Gasteiger partial charge in [0.25, 0.3) is 0 Å². The number of para-hydroxylation sites is 4. The maximum Gasteiger partial charge on any atom is 0.235 e. The molecule has 4 atom stereocenters. The third-order valence-corrected chi connectivity index (χ3v) is 6.97. The Morgan fingerprint density at radius 2 is 1.53 bits per heavy atom. The molecule has 4 rings (SSSR count). The minimum Gasteiger partial charge on any atom is -0.495 e. The van der Waals surface area contributed by atoms with Crippen molar-refractivity contribution in [2.75, 3.05) is 24.9 Å². The summed E-state index contributed by atoms with van der Waals surface area (Å²) in [5.41, 5.74) is 0.137. The fourth-order valence-corrected chi connectivity index (χ4v) is 5.33. The van der Waals surface area contributed by atoms with Gasteiger partial charge < -0.3 is 25.2 Å². The second-order valence-electron chi connectivity index (χ2n) is 9.70. The van der Waals surface area contributed by atoms with Crippen LogP contribution in [0.2, 0.25) is 0 Å². The Labute approximate surface area is 220 Å². The van der Waals surface area contributed by atoms with E-state index in [0.29, 0.717) is 34.1 Å². The van der Waals surface area contributed by atoms with Gasteiger partial charge in [0.2, 0.25) is 11.8 Å². The third-order valence-electron chi connectivity index (χ3n) is 6.97. The van der Waals surface area contributed by atoms with E-state index < -0.39 is 41.0 Å². The molecule has 1 fully saturated rings. The number of anilines is 2. The highest BCUT2D eigenvalue weighted by Gasteiger charge is 2.56. The van der Waals surface area contributed by atoms with Gasteiger partial charge in [0.1, 0.15) is 23.2 Å². The van der Waals surface area contributed by atoms with E-state index in [2.05, 4.69) is 15.7 Å². The number of aryl methyl sites for hydroxylation is 2. The number of carbonyl (C=O) groups is 3. The number of hydrogen-bond acceptors (Lipinski definition) is 7. The molecule has 1 heterocycles. The Balaban J connectivity index is 1.80. The second kappa shape index (κ2) is 10.7. The molecule has 0 spiro atoms. The lowest BCUT2D eigenvalue weighted by molar-refractivity contribution is -0.150. The lowest BCUT2D eigenvalue weighted by atomic mass is 9.61. The monoisotopic (exact) mass is 520 g/mol. The topological polar surface area (TPSA) is 132 Å². The van der Waals surface area contributed by atoms with E-state index in [1.54, 1.807) is 73.4 Å². The van der Waals surface area contributed by atoms with Crippen LogP contribution >= 0.6 is 0 Å². The van der Waals surface area contributed by atoms with Crippen molar-refractivity contribution >= 4 is 29.0 Å². The van der Waals surface area contributed by atoms with Gasteiger partial charge in [-0.05, 0) is 43.7 Å². The summed E-state index contributed by atoms with van der Waals surface area (Å²) < 4.78 is 12.3. The number of ketones is 1. The largest absolute Gasteiger partial charge is 0.495 e. The first-order valence-corrected chi connectivity index (χ1v) is 12.2. The molecule has 0 bridgehead atoms. The Kier molecular flexibility index (Phi) is 7.54. The number of rotatable bonds is 7. The number of aromatic nitrogens is 2. The molecule has 0 radical (unpaired) electrons. The maximum absolute atomic E-state index is 13.9. The number of amides is 2. The molecule has 10 nitrogen and oxygen atoms in total. The van der Waals surface area contributed by atoms with Gasteiger partial charge in [-0.25, -0.2) is 0 Å². The van der Waals surface area contributed by atoms with Crippen molar-refractivity contribution in [2.24, 2.45) is 18.9 Å². The number of aliphatic hydroxyl groups is 1. The van der Waals surface area contributed by atoms with E-state index in [4.69, 9.17) is 9.47 Å². The van der Waals surface area contributed by atoms with Gasteiger partial charge in [-0.15, -0.1) is 0 Å². The van der Waals surface area contributed by atoms with E-state index in [-0.39, 0.29) is 6.42 Å². The molecule has 3 N–H and O–H groups in total. The zero-order valence-corrected chi connectivity index (χ0v) is 22.0. The molecule has 0 aliphatic heterocycles. The molecule has 1 aliphatic rings. The van der Waals surface area contributed by atoms with Gasteiger partial charge >= 0.3 is 0 Å². The van der Waals surface area contributed by atoms with Crippen LogP contribution in [-0.2, 0) is 21.4 Å². The van der Waals surface area contributed by atoms with Crippen molar-refractivity contribution in [1.29, 1.82) is 0 Å². The van der Waals surface area contributed by atoms with Crippen molar-refractivity contribution in [3.05, 3.63) is 66.0 Å². The van der Waals surface area contributed by atoms with Crippen LogP contribution in [-0.4, -0.2) is 52.3 Å². The third kappa shape index (κ3) is 5.12. The lowest BCUT2D eigenvalue weighted by Gasteiger charge is -2.44. The number of ether oxygens (including phenoxy) is 2. The molecule has 3 aromatic rings. The van der Waals surface area contributed by atoms with Crippen LogP contribution in [0, 0.1) is 18.8 Å². The van der Waals surface area contributed by atoms with Crippen molar-refractivity contribution in [3.8, 4) is 11.5 Å². The molecule has 2 amide bonds. The summed E-state index contributed by atoms with van der Waals surface area (Å²) in [6.45, 7) is 3.19. The number of nitrogens with zero attached hydrogens (tertiary/aromatic N) is 2. The molecule has 2 aromatic carbocycles. The summed E-state index contributed by atoms with van der Waals surface area (Å²) in [6.07, 6.45) is 1.30. The van der Waals surface area contributed by atoms with E-state index in [1.807, 2.05) is 0 Å². The first-order chi connectivity index (χ1) is 18.1. The molecule has 1 aliphatic carbocycles. The van der Waals surface area contributed by atoms with Crippen LogP contribution in [0.5, 0.6) is 11.5 Å². The summed E-state index contributed by atoms with van der Waals surface area (Å²) in [5.74, 6) is -4.18. The number of nitrogens with one attached hydrogen (secondary N) is 2. The van der Waals surface area contributed by atoms with E-state index >= 15 is 0 Å². The maximum atomic E-state index is 13.9. The molecular weight excluding hydrogens is 488 g/mol. The number of carbonyl (C=O) groups excluding carboxylic acids is 3. The van der Waals surface area contributed by atoms with E-state index in [0.717, 1.165) is 0 Å². The predicted octanol–water partition coefficient (Wildman–Crippen LogP) is 3.06. The van der Waals surface area contributed by atoms with Gasteiger partial charge in [0, 0.05) is 25.6 Å². The standard InChI is InChI=1S/C28H32N4O6/c1-16-17(15-32(3)31-16)23-24(26(34)29-18-10-6-8-12-21(18)37-4)20(33)14-28(2,36)25(23)27(35)30-19-11-7-9-13-22(19)38-5/h6-13,15,23-25,36H,14H2,1-5H3,(H,29,34)(H,30,35)/t23-,24-,25+,28+/m1/s1. The minimum atomic E-state index is -1.74. The molecule has 0 saturated heterocycles. The predicted molar refractivity (Wildman–Crippen MR) is 141 cm³/mol. The van der Waals surface area contributed by atoms with Crippen LogP contribution in [0.1, 0.15) is 30.5 Å². The highest BCUT2D eigenvalue weighted by atomic mass is 16.5. The Bertz CT molecular complexity index is 1360. The van der Waals surface area contributed by atoms with Gasteiger partial charge in [0.05, 0.1) is 42.8 Å². The SMILES string of the molecule is COc1ccccc1NC(=O)[C@@H]1C(=O)C[C@](C)(O)[C@H](C(=O)Nc2ccccc2OC)[C@@H]1c1cn(C)nc1C. The average molecular weight is 521 g/mol. The Hall–Kier alpha value is -4.18. The quantitative estimate of drug-likeness (QED) is 0.408. The zero-order valence-electron chi connectivity index (χ0n) is 22.0. The summed E-state index contributed by atoms with van der Waals surface area (Å²) in [5, 5.41) is 21.5. The molecule has 0 unspecified atom stereocenters. The summed E-state index contributed by atoms with van der Waals surface area (Å²) in [4.78, 5) is 41.1. The minimum absolute atomic E-state index is 0.378. The second-order valence-corrected chi connectivity index (χ2v) is 9.70. The van der Waals surface area contributed by atoms with Crippen LogP contribution in [0.15, 0.2) is 54.7 Å². The van der Waals surface area contributed by atoms with E-state index in [9.17, 15) is 19.5 Å². The van der Waals surface area contributed by atoms with Gasteiger partial charge in [-0.2, -0.15) is 5.10 Å². The normalized spacial score (nSPS) is 23.0. The average Bonchev–Trinajstić information content (AvgIpc) is 3.20. The summed E-state index contributed by atoms with van der Waals surface area (Å²) in [6, 6.07) is 13.7. The Morgan fingerprint density at radius 3 is 2.03 bits per heavy atom. The van der Waals surface area contributed by atoms with Crippen LogP contribution in [0.4, 0.5) is 11.4 Å². The van der Waals surface area contributed by atoms with Crippen molar-refractivity contribution in [3.63, 3.8) is 0 Å². The van der Waals surface area contributed by atoms with Crippen molar-refractivity contribution < 1.29 is 29.0 Å². The summed E-state index contributed by atoms with van der Waals surface area (Å²) >= 11 is 0. The van der Waals surface area contributed by atoms with Gasteiger partial charge in [-0.1, -0.05) is 24.3 Å². The molecule has 1 saturated carbocycles. The highest BCUT2D eigenvalue weighted by Crippen LogP contribution is 2.47. The van der Waals surface area contributed by atoms with Crippen LogP contribution < -0.4 is 20.1 Å². The smallest absolute Gasteiger partial charge is 0.235 e. The van der Waals surface area contributed by atoms with Crippen molar-refractivity contribution in [2.45, 2.75) is 31.8 Å². The summed E-state index contributed by atoms with van der Waals surface area (Å²) in [7, 11) is 4.68. The number of benzene rings is 2. The molecule has 1 aromatic heterocycles. The van der Waals surface area contributed by atoms with Gasteiger partial charge in [0.15, 0.2) is 0 Å². The van der Waals surface area contributed by atoms with Gasteiger partial charge in [-0.3, -0.25) is 19.1 Å². The van der Waals surface area contributed by atoms with Crippen LogP contribution in [0.25, 0.3) is 0 Å². The molecule has 10 heteroatoms. The Morgan fingerprint density at radius 1 is 1.00 bits per heavy atom. The fourth-order valence-electron chi connectivity index (χ4n) is 5.33. The highest BCUT2D eigenvalue weighted by molar-refractivity contribution is 6.11. The number of hydrogen-bond donors (Lipinski definition) is 3. The van der Waals surface area contributed by atoms with Crippen LogP contribution in [0.3, 0.4) is 0 Å². The zero-order chi connectivity index (χ0) is 27.6. The lowest BCUT2D eigenvalue weighted by Crippen LogP contribution is -2.56. The molecular formula is C28H32N4O6. The van der Waals surface area contributed by atoms with Crippen molar-refractivity contribution in [1.82, 2.24) is 9.78 Å². The molecule has 38 heavy (non-hydrogen) atoms. The molecule has 200 valence electrons. The number of Topliss-reactive ketones (excluding diaryl/α,β-unsaturated/α-hetero) is 1. The number of methoxy groups -OCH3 is 2. The fraction of sp³-hybridized carbons (Fsp3) is 0.357. The first-order valence-electron chi connectivity index (χ1n) is 12.2.